The van der Waals surface area contributed by atoms with Crippen molar-refractivity contribution in [3.63, 3.8) is 0 Å². The Hall–Kier alpha value is -2.11. The van der Waals surface area contributed by atoms with Crippen LogP contribution >= 0.6 is 23.2 Å². The van der Waals surface area contributed by atoms with Gasteiger partial charge in [0.2, 0.25) is 0 Å². The van der Waals surface area contributed by atoms with Crippen molar-refractivity contribution in [2.45, 2.75) is 19.4 Å². The zero-order chi connectivity index (χ0) is 17.7. The molecule has 0 radical (unpaired) electrons. The highest BCUT2D eigenvalue weighted by atomic mass is 35.5. The highest BCUT2D eigenvalue weighted by Gasteiger charge is 2.19. The van der Waals surface area contributed by atoms with E-state index < -0.39 is 23.8 Å². The SMILES string of the molecule is C[C@H](OC(=O)Cc1ccccc1F)C(=O)Nc1cc(Cl)ccc1Cl. The predicted molar refractivity (Wildman–Crippen MR) is 90.7 cm³/mol. The molecule has 0 fully saturated rings. The molecule has 0 aliphatic rings. The largest absolute Gasteiger partial charge is 0.452 e. The second-order valence-corrected chi connectivity index (χ2v) is 5.86. The summed E-state index contributed by atoms with van der Waals surface area (Å²) in [4.78, 5) is 23.9. The van der Waals surface area contributed by atoms with Crippen molar-refractivity contribution in [1.29, 1.82) is 0 Å². The summed E-state index contributed by atoms with van der Waals surface area (Å²) in [5.74, 6) is -1.78. The van der Waals surface area contributed by atoms with Crippen LogP contribution in [0.2, 0.25) is 10.0 Å². The lowest BCUT2D eigenvalue weighted by molar-refractivity contribution is -0.152. The molecule has 2 rings (SSSR count). The number of nitrogens with one attached hydrogen (secondary N) is 1. The van der Waals surface area contributed by atoms with Crippen LogP contribution in [0.1, 0.15) is 12.5 Å². The number of benzene rings is 2. The van der Waals surface area contributed by atoms with Gasteiger partial charge in [-0.15, -0.1) is 0 Å². The third-order valence-corrected chi connectivity index (χ3v) is 3.72. The molecule has 1 atom stereocenters. The van der Waals surface area contributed by atoms with E-state index in [2.05, 4.69) is 5.32 Å². The first-order valence-corrected chi connectivity index (χ1v) is 7.81. The summed E-state index contributed by atoms with van der Waals surface area (Å²) >= 11 is 11.8. The summed E-state index contributed by atoms with van der Waals surface area (Å²) in [7, 11) is 0. The van der Waals surface area contributed by atoms with Crippen LogP contribution < -0.4 is 5.32 Å². The number of esters is 1. The summed E-state index contributed by atoms with van der Waals surface area (Å²) in [5, 5.41) is 3.23. The molecule has 2 aromatic rings. The van der Waals surface area contributed by atoms with E-state index >= 15 is 0 Å². The van der Waals surface area contributed by atoms with E-state index in [0.29, 0.717) is 15.7 Å². The van der Waals surface area contributed by atoms with E-state index in [4.69, 9.17) is 27.9 Å². The number of carbonyl (C=O) groups excluding carboxylic acids is 2. The monoisotopic (exact) mass is 369 g/mol. The first-order chi connectivity index (χ1) is 11.4. The summed E-state index contributed by atoms with van der Waals surface area (Å²) in [6.07, 6.45) is -1.33. The van der Waals surface area contributed by atoms with Gasteiger partial charge in [-0.3, -0.25) is 9.59 Å². The second-order valence-electron chi connectivity index (χ2n) is 5.01. The number of anilines is 1. The van der Waals surface area contributed by atoms with Gasteiger partial charge in [-0.25, -0.2) is 4.39 Å². The molecule has 0 saturated heterocycles. The topological polar surface area (TPSA) is 55.4 Å². The van der Waals surface area contributed by atoms with E-state index in [-0.39, 0.29) is 12.0 Å². The molecule has 4 nitrogen and oxygen atoms in total. The Morgan fingerprint density at radius 3 is 2.62 bits per heavy atom. The van der Waals surface area contributed by atoms with E-state index in [1.807, 2.05) is 0 Å². The third kappa shape index (κ3) is 4.94. The summed E-state index contributed by atoms with van der Waals surface area (Å²) in [5.41, 5.74) is 0.513. The number of amides is 1. The van der Waals surface area contributed by atoms with Gasteiger partial charge < -0.3 is 10.1 Å². The molecule has 24 heavy (non-hydrogen) atoms. The Labute approximate surface area is 148 Å². The van der Waals surface area contributed by atoms with Gasteiger partial charge in [0.1, 0.15) is 5.82 Å². The average molecular weight is 370 g/mol. The highest BCUT2D eigenvalue weighted by Crippen LogP contribution is 2.25. The van der Waals surface area contributed by atoms with Crippen molar-refractivity contribution in [2.75, 3.05) is 5.32 Å². The Kier molecular flexibility index (Phi) is 6.17. The van der Waals surface area contributed by atoms with E-state index in [1.165, 1.54) is 37.3 Å². The van der Waals surface area contributed by atoms with Crippen LogP contribution in [0, 0.1) is 5.82 Å². The maximum atomic E-state index is 13.5. The minimum atomic E-state index is -1.07. The van der Waals surface area contributed by atoms with Crippen molar-refractivity contribution in [3.05, 3.63) is 63.9 Å². The molecule has 0 spiro atoms. The molecule has 0 aromatic heterocycles. The number of hydrogen-bond acceptors (Lipinski definition) is 3. The zero-order valence-corrected chi connectivity index (χ0v) is 14.2. The lowest BCUT2D eigenvalue weighted by atomic mass is 10.1. The fourth-order valence-corrected chi connectivity index (χ4v) is 2.25. The van der Waals surface area contributed by atoms with Gasteiger partial charge in [0.05, 0.1) is 17.1 Å². The fourth-order valence-electron chi connectivity index (χ4n) is 1.92. The second kappa shape index (κ2) is 8.13. The molecule has 2 aromatic carbocycles. The quantitative estimate of drug-likeness (QED) is 0.801. The fraction of sp³-hybridized carbons (Fsp3) is 0.176. The molecule has 126 valence electrons. The molecule has 1 N–H and O–H groups in total. The molecule has 0 heterocycles. The van der Waals surface area contributed by atoms with Crippen molar-refractivity contribution < 1.29 is 18.7 Å². The molecule has 0 aliphatic heterocycles. The number of hydrogen-bond donors (Lipinski definition) is 1. The minimum Gasteiger partial charge on any atom is -0.452 e. The number of halogens is 3. The first-order valence-electron chi connectivity index (χ1n) is 7.05. The van der Waals surface area contributed by atoms with Crippen molar-refractivity contribution in [1.82, 2.24) is 0 Å². The molecule has 0 bridgehead atoms. The van der Waals surface area contributed by atoms with Gasteiger partial charge in [-0.2, -0.15) is 0 Å². The van der Waals surface area contributed by atoms with Crippen molar-refractivity contribution in [2.24, 2.45) is 0 Å². The number of carbonyl (C=O) groups is 2. The smallest absolute Gasteiger partial charge is 0.311 e. The lowest BCUT2D eigenvalue weighted by Crippen LogP contribution is -2.30. The Morgan fingerprint density at radius 2 is 1.92 bits per heavy atom. The van der Waals surface area contributed by atoms with Gasteiger partial charge in [-0.1, -0.05) is 41.4 Å². The van der Waals surface area contributed by atoms with Crippen LogP contribution in [-0.4, -0.2) is 18.0 Å². The molecular weight excluding hydrogens is 356 g/mol. The van der Waals surface area contributed by atoms with Gasteiger partial charge in [0.25, 0.3) is 5.91 Å². The third-order valence-electron chi connectivity index (χ3n) is 3.16. The van der Waals surface area contributed by atoms with Crippen molar-refractivity contribution >= 4 is 40.8 Å². The van der Waals surface area contributed by atoms with Crippen LogP contribution in [0.3, 0.4) is 0 Å². The van der Waals surface area contributed by atoms with Crippen LogP contribution in [0.25, 0.3) is 0 Å². The first kappa shape index (κ1) is 18.2. The summed E-state index contributed by atoms with van der Waals surface area (Å²) in [6, 6.07) is 10.5. The van der Waals surface area contributed by atoms with Gasteiger partial charge in [-0.05, 0) is 36.8 Å². The molecule has 0 aliphatic carbocycles. The molecule has 0 unspecified atom stereocenters. The van der Waals surface area contributed by atoms with Crippen LogP contribution in [0.4, 0.5) is 10.1 Å². The Balaban J connectivity index is 1.95. The maximum absolute atomic E-state index is 13.5. The molecule has 7 heteroatoms. The Bertz CT molecular complexity index is 767. The number of rotatable bonds is 5. The molecule has 1 amide bonds. The summed E-state index contributed by atoms with van der Waals surface area (Å²) in [6.45, 7) is 1.41. The highest BCUT2D eigenvalue weighted by molar-refractivity contribution is 6.35. The molecule has 0 saturated carbocycles. The average Bonchev–Trinajstić information content (AvgIpc) is 2.53. The van der Waals surface area contributed by atoms with E-state index in [0.717, 1.165) is 0 Å². The van der Waals surface area contributed by atoms with E-state index in [9.17, 15) is 14.0 Å². The van der Waals surface area contributed by atoms with Crippen LogP contribution in [0.15, 0.2) is 42.5 Å². The standard InChI is InChI=1S/C17H14Cl2FNO3/c1-10(17(23)21-15-9-12(18)6-7-13(15)19)24-16(22)8-11-4-2-3-5-14(11)20/h2-7,9-10H,8H2,1H3,(H,21,23)/t10-/m0/s1. The minimum absolute atomic E-state index is 0.202. The maximum Gasteiger partial charge on any atom is 0.311 e. The Morgan fingerprint density at radius 1 is 1.21 bits per heavy atom. The predicted octanol–water partition coefficient (Wildman–Crippen LogP) is 4.25. The normalized spacial score (nSPS) is 11.7. The van der Waals surface area contributed by atoms with Gasteiger partial charge in [0.15, 0.2) is 6.10 Å². The van der Waals surface area contributed by atoms with E-state index in [1.54, 1.807) is 12.1 Å². The van der Waals surface area contributed by atoms with Crippen LogP contribution in [-0.2, 0) is 20.7 Å². The summed E-state index contributed by atoms with van der Waals surface area (Å²) < 4.78 is 18.5. The molecular formula is C17H14Cl2FNO3. The zero-order valence-electron chi connectivity index (χ0n) is 12.7. The number of ether oxygens (including phenoxy) is 1. The lowest BCUT2D eigenvalue weighted by Gasteiger charge is -2.14. The van der Waals surface area contributed by atoms with Crippen LogP contribution in [0.5, 0.6) is 0 Å². The van der Waals surface area contributed by atoms with Gasteiger partial charge in [0, 0.05) is 5.02 Å². The van der Waals surface area contributed by atoms with Gasteiger partial charge >= 0.3 is 5.97 Å². The van der Waals surface area contributed by atoms with Crippen molar-refractivity contribution in [3.8, 4) is 0 Å².